The molecule has 0 bridgehead atoms. The van der Waals surface area contributed by atoms with Crippen LogP contribution in [0, 0.1) is 6.92 Å². The van der Waals surface area contributed by atoms with Gasteiger partial charge in [0.25, 0.3) is 0 Å². The quantitative estimate of drug-likeness (QED) is 0.834. The molecule has 22 heavy (non-hydrogen) atoms. The van der Waals surface area contributed by atoms with E-state index in [2.05, 4.69) is 27.4 Å². The van der Waals surface area contributed by atoms with Crippen molar-refractivity contribution in [1.82, 2.24) is 15.3 Å². The Morgan fingerprint density at radius 3 is 2.73 bits per heavy atom. The molecule has 0 aliphatic heterocycles. The summed E-state index contributed by atoms with van der Waals surface area (Å²) in [5.41, 5.74) is 3.17. The van der Waals surface area contributed by atoms with Gasteiger partial charge >= 0.3 is 0 Å². The van der Waals surface area contributed by atoms with Gasteiger partial charge in [-0.15, -0.1) is 0 Å². The van der Waals surface area contributed by atoms with Gasteiger partial charge in [0.05, 0.1) is 12.2 Å². The van der Waals surface area contributed by atoms with Gasteiger partial charge in [-0.3, -0.25) is 4.79 Å². The van der Waals surface area contributed by atoms with Crippen LogP contribution < -0.4 is 5.32 Å². The Morgan fingerprint density at radius 1 is 1.23 bits per heavy atom. The molecule has 1 heterocycles. The maximum Gasteiger partial charge on any atom is 0.244 e. The van der Waals surface area contributed by atoms with E-state index in [1.807, 2.05) is 32.0 Å². The summed E-state index contributed by atoms with van der Waals surface area (Å²) >= 11 is 0. The molecular weight excluding hydrogens is 274 g/mol. The van der Waals surface area contributed by atoms with Crippen LogP contribution in [-0.2, 0) is 17.8 Å². The fourth-order valence-electron chi connectivity index (χ4n) is 2.11. The van der Waals surface area contributed by atoms with Gasteiger partial charge in [0.2, 0.25) is 5.91 Å². The second-order valence-electron chi connectivity index (χ2n) is 5.29. The maximum absolute atomic E-state index is 11.9. The van der Waals surface area contributed by atoms with Crippen molar-refractivity contribution in [1.29, 1.82) is 0 Å². The van der Waals surface area contributed by atoms with Crippen molar-refractivity contribution in [2.24, 2.45) is 0 Å². The highest BCUT2D eigenvalue weighted by Crippen LogP contribution is 2.08. The van der Waals surface area contributed by atoms with E-state index in [0.29, 0.717) is 12.4 Å². The molecular formula is C18H21N3O. The number of benzene rings is 1. The number of allylic oxidation sites excluding steroid dienone is 1. The van der Waals surface area contributed by atoms with Gasteiger partial charge in [0.1, 0.15) is 5.82 Å². The minimum absolute atomic E-state index is 0.0816. The number of hydrogen-bond acceptors (Lipinski definition) is 3. The Bertz CT molecular complexity index is 650. The predicted molar refractivity (Wildman–Crippen MR) is 87.1 cm³/mol. The first-order chi connectivity index (χ1) is 10.6. The zero-order chi connectivity index (χ0) is 15.8. The number of rotatable bonds is 6. The summed E-state index contributed by atoms with van der Waals surface area (Å²) in [7, 11) is 0. The Kier molecular flexibility index (Phi) is 5.83. The van der Waals surface area contributed by atoms with Gasteiger partial charge in [0, 0.05) is 12.3 Å². The lowest BCUT2D eigenvalue weighted by atomic mass is 10.1. The molecule has 0 unspecified atom stereocenters. The van der Waals surface area contributed by atoms with Crippen molar-refractivity contribution < 1.29 is 4.79 Å². The molecule has 0 aliphatic carbocycles. The number of aryl methyl sites for hydroxylation is 2. The zero-order valence-corrected chi connectivity index (χ0v) is 13.0. The number of aromatic nitrogens is 2. The number of carbonyl (C=O) groups is 1. The first-order valence-corrected chi connectivity index (χ1v) is 7.41. The molecule has 0 atom stereocenters. The van der Waals surface area contributed by atoms with E-state index < -0.39 is 0 Å². The Balaban J connectivity index is 1.79. The maximum atomic E-state index is 11.9. The van der Waals surface area contributed by atoms with Crippen LogP contribution in [0.3, 0.4) is 0 Å². The van der Waals surface area contributed by atoms with E-state index in [9.17, 15) is 4.79 Å². The van der Waals surface area contributed by atoms with E-state index in [1.165, 1.54) is 5.56 Å². The average Bonchev–Trinajstić information content (AvgIpc) is 2.52. The number of nitrogens with zero attached hydrogens (tertiary/aromatic N) is 2. The lowest BCUT2D eigenvalue weighted by Crippen LogP contribution is -2.21. The molecule has 1 N–H and O–H groups in total. The molecule has 0 radical (unpaired) electrons. The second kappa shape index (κ2) is 8.08. The third kappa shape index (κ3) is 5.48. The van der Waals surface area contributed by atoms with Crippen molar-refractivity contribution in [3.8, 4) is 0 Å². The molecule has 2 aromatic rings. The minimum Gasteiger partial charge on any atom is -0.347 e. The van der Waals surface area contributed by atoms with Crippen molar-refractivity contribution in [3.63, 3.8) is 0 Å². The van der Waals surface area contributed by atoms with Crippen LogP contribution in [0.2, 0.25) is 0 Å². The van der Waals surface area contributed by atoms with Crippen molar-refractivity contribution in [2.75, 3.05) is 0 Å². The molecule has 114 valence electrons. The normalized spacial score (nSPS) is 11.3. The van der Waals surface area contributed by atoms with Crippen LogP contribution in [0.15, 0.2) is 54.2 Å². The summed E-state index contributed by atoms with van der Waals surface area (Å²) in [6.07, 6.45) is 5.19. The summed E-state index contributed by atoms with van der Waals surface area (Å²) in [5, 5.41) is 2.85. The van der Waals surface area contributed by atoms with E-state index in [4.69, 9.17) is 0 Å². The third-order valence-electron chi connectivity index (χ3n) is 3.31. The highest BCUT2D eigenvalue weighted by molar-refractivity contribution is 5.88. The minimum atomic E-state index is -0.0816. The SMILES string of the molecule is CC(=CC(=O)NCc1ccnc(C)n1)CCc1ccccc1. The predicted octanol–water partition coefficient (Wildman–Crippen LogP) is 2.98. The fourth-order valence-corrected chi connectivity index (χ4v) is 2.11. The van der Waals surface area contributed by atoms with Crippen LogP contribution in [-0.4, -0.2) is 15.9 Å². The van der Waals surface area contributed by atoms with E-state index in [-0.39, 0.29) is 5.91 Å². The highest BCUT2D eigenvalue weighted by atomic mass is 16.1. The van der Waals surface area contributed by atoms with Crippen molar-refractivity contribution in [2.45, 2.75) is 33.2 Å². The number of nitrogens with one attached hydrogen (secondary N) is 1. The first kappa shape index (κ1) is 15.9. The number of amides is 1. The van der Waals surface area contributed by atoms with E-state index in [1.54, 1.807) is 18.3 Å². The Hall–Kier alpha value is -2.49. The lowest BCUT2D eigenvalue weighted by Gasteiger charge is -2.04. The highest BCUT2D eigenvalue weighted by Gasteiger charge is 2.01. The third-order valence-corrected chi connectivity index (χ3v) is 3.31. The molecule has 0 aliphatic rings. The summed E-state index contributed by atoms with van der Waals surface area (Å²) in [6.45, 7) is 4.24. The van der Waals surface area contributed by atoms with Crippen LogP contribution in [0.4, 0.5) is 0 Å². The largest absolute Gasteiger partial charge is 0.347 e. The number of carbonyl (C=O) groups excluding carboxylic acids is 1. The summed E-state index contributed by atoms with van der Waals surface area (Å²) in [4.78, 5) is 20.2. The van der Waals surface area contributed by atoms with Gasteiger partial charge < -0.3 is 5.32 Å². The standard InChI is InChI=1S/C18H21N3O/c1-14(8-9-16-6-4-3-5-7-16)12-18(22)20-13-17-10-11-19-15(2)21-17/h3-7,10-12H,8-9,13H2,1-2H3,(H,20,22). The smallest absolute Gasteiger partial charge is 0.244 e. The molecule has 0 spiro atoms. The molecule has 1 aromatic carbocycles. The van der Waals surface area contributed by atoms with E-state index >= 15 is 0 Å². The first-order valence-electron chi connectivity index (χ1n) is 7.41. The van der Waals surface area contributed by atoms with Crippen LogP contribution in [0.1, 0.15) is 30.4 Å². The molecule has 1 amide bonds. The topological polar surface area (TPSA) is 54.9 Å². The van der Waals surface area contributed by atoms with Crippen LogP contribution >= 0.6 is 0 Å². The lowest BCUT2D eigenvalue weighted by molar-refractivity contribution is -0.116. The van der Waals surface area contributed by atoms with Gasteiger partial charge in [-0.25, -0.2) is 9.97 Å². The zero-order valence-electron chi connectivity index (χ0n) is 13.0. The average molecular weight is 295 g/mol. The van der Waals surface area contributed by atoms with Gasteiger partial charge in [-0.2, -0.15) is 0 Å². The van der Waals surface area contributed by atoms with Crippen molar-refractivity contribution in [3.05, 3.63) is 71.3 Å². The van der Waals surface area contributed by atoms with E-state index in [0.717, 1.165) is 24.1 Å². The summed E-state index contributed by atoms with van der Waals surface area (Å²) in [6, 6.07) is 12.1. The summed E-state index contributed by atoms with van der Waals surface area (Å²) in [5.74, 6) is 0.628. The monoisotopic (exact) mass is 295 g/mol. The Morgan fingerprint density at radius 2 is 2.00 bits per heavy atom. The van der Waals surface area contributed by atoms with Gasteiger partial charge in [0.15, 0.2) is 0 Å². The van der Waals surface area contributed by atoms with Crippen LogP contribution in [0.25, 0.3) is 0 Å². The Labute approximate surface area is 131 Å². The molecule has 4 heteroatoms. The van der Waals surface area contributed by atoms with Crippen molar-refractivity contribution >= 4 is 5.91 Å². The van der Waals surface area contributed by atoms with Gasteiger partial charge in [-0.1, -0.05) is 35.9 Å². The van der Waals surface area contributed by atoms with Crippen LogP contribution in [0.5, 0.6) is 0 Å². The second-order valence-corrected chi connectivity index (χ2v) is 5.29. The number of hydrogen-bond donors (Lipinski definition) is 1. The molecule has 1 aromatic heterocycles. The molecule has 0 saturated carbocycles. The summed E-state index contributed by atoms with van der Waals surface area (Å²) < 4.78 is 0. The molecule has 0 saturated heterocycles. The molecule has 2 rings (SSSR count). The molecule has 0 fully saturated rings. The molecule has 4 nitrogen and oxygen atoms in total. The van der Waals surface area contributed by atoms with Gasteiger partial charge in [-0.05, 0) is 38.3 Å². The fraction of sp³-hybridized carbons (Fsp3) is 0.278.